The number of rotatable bonds is 3. The normalized spacial score (nSPS) is 24.9. The van der Waals surface area contributed by atoms with Gasteiger partial charge < -0.3 is 5.32 Å². The van der Waals surface area contributed by atoms with Crippen molar-refractivity contribution in [2.24, 2.45) is 5.92 Å². The summed E-state index contributed by atoms with van der Waals surface area (Å²) in [6.07, 6.45) is 3.58. The molecule has 2 atom stereocenters. The van der Waals surface area contributed by atoms with Crippen LogP contribution in [0, 0.1) is 17.6 Å². The van der Waals surface area contributed by atoms with Crippen molar-refractivity contribution in [2.45, 2.75) is 38.8 Å². The van der Waals surface area contributed by atoms with Gasteiger partial charge in [-0.2, -0.15) is 0 Å². The lowest BCUT2D eigenvalue weighted by Gasteiger charge is -2.12. The highest BCUT2D eigenvalue weighted by Gasteiger charge is 2.20. The molecule has 2 unspecified atom stereocenters. The van der Waals surface area contributed by atoms with Crippen LogP contribution in [0.4, 0.5) is 8.78 Å². The first-order chi connectivity index (χ1) is 7.63. The molecule has 1 aliphatic rings. The SMILES string of the molecule is CC1CCC(NCc2cc(F)cc(F)c2)C1. The molecule has 0 aromatic heterocycles. The van der Waals surface area contributed by atoms with Gasteiger partial charge in [-0.25, -0.2) is 8.78 Å². The second-order valence-corrected chi connectivity index (χ2v) is 4.77. The lowest BCUT2D eigenvalue weighted by molar-refractivity contribution is 0.498. The second-order valence-electron chi connectivity index (χ2n) is 4.77. The molecule has 1 nitrogen and oxygen atoms in total. The molecule has 0 bridgehead atoms. The first-order valence-electron chi connectivity index (χ1n) is 5.82. The molecule has 0 spiro atoms. The summed E-state index contributed by atoms with van der Waals surface area (Å²) in [5.41, 5.74) is 0.678. The van der Waals surface area contributed by atoms with Gasteiger partial charge >= 0.3 is 0 Å². The lowest BCUT2D eigenvalue weighted by atomic mass is 10.1. The van der Waals surface area contributed by atoms with Crippen LogP contribution in [0.25, 0.3) is 0 Å². The van der Waals surface area contributed by atoms with Crippen LogP contribution in [0.15, 0.2) is 18.2 Å². The molecule has 1 N–H and O–H groups in total. The van der Waals surface area contributed by atoms with E-state index in [2.05, 4.69) is 12.2 Å². The fourth-order valence-corrected chi connectivity index (χ4v) is 2.37. The number of hydrogen-bond donors (Lipinski definition) is 1. The van der Waals surface area contributed by atoms with Crippen molar-refractivity contribution >= 4 is 0 Å². The van der Waals surface area contributed by atoms with E-state index in [1.807, 2.05) is 0 Å². The summed E-state index contributed by atoms with van der Waals surface area (Å²) in [4.78, 5) is 0. The monoisotopic (exact) mass is 225 g/mol. The Labute approximate surface area is 94.9 Å². The molecule has 1 saturated carbocycles. The first kappa shape index (κ1) is 11.5. The van der Waals surface area contributed by atoms with Gasteiger partial charge in [-0.05, 0) is 42.9 Å². The quantitative estimate of drug-likeness (QED) is 0.832. The number of nitrogens with one attached hydrogen (secondary N) is 1. The minimum absolute atomic E-state index is 0.501. The Morgan fingerprint density at radius 2 is 1.88 bits per heavy atom. The Morgan fingerprint density at radius 1 is 1.19 bits per heavy atom. The van der Waals surface area contributed by atoms with Gasteiger partial charge in [0.25, 0.3) is 0 Å². The van der Waals surface area contributed by atoms with Crippen molar-refractivity contribution in [1.82, 2.24) is 5.32 Å². The van der Waals surface area contributed by atoms with Crippen LogP contribution < -0.4 is 5.32 Å². The van der Waals surface area contributed by atoms with Gasteiger partial charge in [0.1, 0.15) is 11.6 Å². The number of benzene rings is 1. The van der Waals surface area contributed by atoms with Crippen LogP contribution in [0.3, 0.4) is 0 Å². The zero-order chi connectivity index (χ0) is 11.5. The van der Waals surface area contributed by atoms with Crippen LogP contribution in [-0.2, 0) is 6.54 Å². The predicted octanol–water partition coefficient (Wildman–Crippen LogP) is 3.24. The van der Waals surface area contributed by atoms with E-state index in [0.29, 0.717) is 18.2 Å². The van der Waals surface area contributed by atoms with E-state index < -0.39 is 11.6 Å². The molecular weight excluding hydrogens is 208 g/mol. The summed E-state index contributed by atoms with van der Waals surface area (Å²) in [6.45, 7) is 2.79. The largest absolute Gasteiger partial charge is 0.310 e. The lowest BCUT2D eigenvalue weighted by Crippen LogP contribution is -2.25. The second kappa shape index (κ2) is 4.91. The van der Waals surface area contributed by atoms with E-state index >= 15 is 0 Å². The molecule has 0 radical (unpaired) electrons. The zero-order valence-electron chi connectivity index (χ0n) is 9.47. The minimum atomic E-state index is -0.503. The first-order valence-corrected chi connectivity index (χ1v) is 5.82. The standard InChI is InChI=1S/C13H17F2N/c1-9-2-3-13(4-9)16-8-10-5-11(14)7-12(15)6-10/h5-7,9,13,16H,2-4,8H2,1H3. The summed E-state index contributed by atoms with van der Waals surface area (Å²) in [5.74, 6) is -0.241. The van der Waals surface area contributed by atoms with Crippen LogP contribution >= 0.6 is 0 Å². The van der Waals surface area contributed by atoms with E-state index in [0.717, 1.165) is 18.4 Å². The Morgan fingerprint density at radius 3 is 2.44 bits per heavy atom. The van der Waals surface area contributed by atoms with Crippen molar-refractivity contribution in [3.8, 4) is 0 Å². The average molecular weight is 225 g/mol. The summed E-state index contributed by atoms with van der Waals surface area (Å²) in [7, 11) is 0. The molecule has 1 aromatic rings. The van der Waals surface area contributed by atoms with Crippen LogP contribution in [-0.4, -0.2) is 6.04 Å². The molecule has 1 fully saturated rings. The molecule has 3 heteroatoms. The zero-order valence-corrected chi connectivity index (χ0v) is 9.47. The van der Waals surface area contributed by atoms with Gasteiger partial charge in [0.05, 0.1) is 0 Å². The summed E-state index contributed by atoms with van der Waals surface area (Å²) < 4.78 is 25.8. The molecule has 0 heterocycles. The van der Waals surface area contributed by atoms with Crippen LogP contribution in [0.2, 0.25) is 0 Å². The van der Waals surface area contributed by atoms with Crippen molar-refractivity contribution in [1.29, 1.82) is 0 Å². The van der Waals surface area contributed by atoms with E-state index in [9.17, 15) is 8.78 Å². The fourth-order valence-electron chi connectivity index (χ4n) is 2.37. The summed E-state index contributed by atoms with van der Waals surface area (Å²) in [5, 5.41) is 3.35. The topological polar surface area (TPSA) is 12.0 Å². The Hall–Kier alpha value is -0.960. The highest BCUT2D eigenvalue weighted by molar-refractivity contribution is 5.17. The molecule has 0 aliphatic heterocycles. The highest BCUT2D eigenvalue weighted by atomic mass is 19.1. The smallest absolute Gasteiger partial charge is 0.126 e. The Balaban J connectivity index is 1.89. The Kier molecular flexibility index (Phi) is 3.54. The predicted molar refractivity (Wildman–Crippen MR) is 60.0 cm³/mol. The number of hydrogen-bond acceptors (Lipinski definition) is 1. The van der Waals surface area contributed by atoms with Crippen molar-refractivity contribution in [3.05, 3.63) is 35.4 Å². The maximum absolute atomic E-state index is 12.9. The Bertz CT molecular complexity index is 345. The van der Waals surface area contributed by atoms with E-state index in [-0.39, 0.29) is 0 Å². The van der Waals surface area contributed by atoms with Gasteiger partial charge in [0.15, 0.2) is 0 Å². The fraction of sp³-hybridized carbons (Fsp3) is 0.538. The molecular formula is C13H17F2N. The van der Waals surface area contributed by atoms with E-state index in [4.69, 9.17) is 0 Å². The third-order valence-corrected chi connectivity index (χ3v) is 3.21. The van der Waals surface area contributed by atoms with Gasteiger partial charge in [0, 0.05) is 18.7 Å². The van der Waals surface area contributed by atoms with Crippen molar-refractivity contribution in [2.75, 3.05) is 0 Å². The summed E-state index contributed by atoms with van der Waals surface area (Å²) >= 11 is 0. The third-order valence-electron chi connectivity index (χ3n) is 3.21. The molecule has 88 valence electrons. The van der Waals surface area contributed by atoms with E-state index in [1.165, 1.54) is 25.0 Å². The average Bonchev–Trinajstić information content (AvgIpc) is 2.60. The van der Waals surface area contributed by atoms with Gasteiger partial charge in [-0.1, -0.05) is 6.92 Å². The van der Waals surface area contributed by atoms with E-state index in [1.54, 1.807) is 0 Å². The number of halogens is 2. The highest BCUT2D eigenvalue weighted by Crippen LogP contribution is 2.24. The summed E-state index contributed by atoms with van der Waals surface area (Å²) in [6, 6.07) is 4.17. The molecule has 2 rings (SSSR count). The maximum Gasteiger partial charge on any atom is 0.126 e. The molecule has 0 saturated heterocycles. The molecule has 1 aliphatic carbocycles. The van der Waals surface area contributed by atoms with Gasteiger partial charge in [-0.15, -0.1) is 0 Å². The van der Waals surface area contributed by atoms with Crippen molar-refractivity contribution in [3.63, 3.8) is 0 Å². The molecule has 16 heavy (non-hydrogen) atoms. The van der Waals surface area contributed by atoms with Gasteiger partial charge in [-0.3, -0.25) is 0 Å². The third kappa shape index (κ3) is 3.01. The maximum atomic E-state index is 12.9. The van der Waals surface area contributed by atoms with Gasteiger partial charge in [0.2, 0.25) is 0 Å². The van der Waals surface area contributed by atoms with Crippen LogP contribution in [0.5, 0.6) is 0 Å². The minimum Gasteiger partial charge on any atom is -0.310 e. The van der Waals surface area contributed by atoms with Crippen LogP contribution in [0.1, 0.15) is 31.7 Å². The van der Waals surface area contributed by atoms with Crippen molar-refractivity contribution < 1.29 is 8.78 Å². The molecule has 1 aromatic carbocycles. The molecule has 0 amide bonds.